The van der Waals surface area contributed by atoms with Crippen molar-refractivity contribution in [2.24, 2.45) is 4.99 Å². The lowest BCUT2D eigenvalue weighted by atomic mass is 9.95. The standard InChI is InChI=1S/C11H18N2O3/c1-2-11(7-14)9(15)6-10(16-11)13-5-3-4-12-8-13/h3-5,9-10,14-15H,2,6-8H2,1H3/t9?,10-,11+/m0/s1. The summed E-state index contributed by atoms with van der Waals surface area (Å²) in [6, 6.07) is 0. The summed E-state index contributed by atoms with van der Waals surface area (Å²) < 4.78 is 5.80. The molecule has 90 valence electrons. The Bertz CT molecular complexity index is 300. The van der Waals surface area contributed by atoms with Gasteiger partial charge >= 0.3 is 0 Å². The van der Waals surface area contributed by atoms with E-state index in [-0.39, 0.29) is 12.8 Å². The molecule has 1 unspecified atom stereocenters. The van der Waals surface area contributed by atoms with Crippen molar-refractivity contribution in [3.05, 3.63) is 12.3 Å². The van der Waals surface area contributed by atoms with Crippen molar-refractivity contribution < 1.29 is 14.9 Å². The minimum absolute atomic E-state index is 0.151. The molecule has 16 heavy (non-hydrogen) atoms. The van der Waals surface area contributed by atoms with Crippen LogP contribution >= 0.6 is 0 Å². The Labute approximate surface area is 95.0 Å². The van der Waals surface area contributed by atoms with Gasteiger partial charge in [-0.1, -0.05) is 6.92 Å². The van der Waals surface area contributed by atoms with E-state index in [4.69, 9.17) is 4.74 Å². The second kappa shape index (κ2) is 4.53. The van der Waals surface area contributed by atoms with Crippen LogP contribution in [0.1, 0.15) is 19.8 Å². The zero-order valence-corrected chi connectivity index (χ0v) is 9.41. The van der Waals surface area contributed by atoms with Crippen LogP contribution < -0.4 is 0 Å². The van der Waals surface area contributed by atoms with E-state index in [9.17, 15) is 10.2 Å². The molecule has 0 spiro atoms. The van der Waals surface area contributed by atoms with Crippen molar-refractivity contribution in [1.29, 1.82) is 0 Å². The van der Waals surface area contributed by atoms with Crippen LogP contribution in [0.25, 0.3) is 0 Å². The second-order valence-electron chi connectivity index (χ2n) is 4.23. The molecule has 0 saturated carbocycles. The average Bonchev–Trinajstić information content (AvgIpc) is 2.68. The molecule has 1 fully saturated rings. The van der Waals surface area contributed by atoms with Gasteiger partial charge in [0, 0.05) is 18.8 Å². The highest BCUT2D eigenvalue weighted by molar-refractivity contribution is 5.71. The van der Waals surface area contributed by atoms with Gasteiger partial charge in [0.2, 0.25) is 0 Å². The zero-order chi connectivity index (χ0) is 11.6. The van der Waals surface area contributed by atoms with Gasteiger partial charge in [-0.05, 0) is 12.5 Å². The largest absolute Gasteiger partial charge is 0.393 e. The highest BCUT2D eigenvalue weighted by Crippen LogP contribution is 2.35. The number of nitrogens with zero attached hydrogens (tertiary/aromatic N) is 2. The van der Waals surface area contributed by atoms with Crippen molar-refractivity contribution in [1.82, 2.24) is 4.90 Å². The van der Waals surface area contributed by atoms with Crippen LogP contribution in [0.2, 0.25) is 0 Å². The first-order chi connectivity index (χ1) is 7.72. The number of aliphatic hydroxyl groups excluding tert-OH is 2. The molecule has 0 radical (unpaired) electrons. The summed E-state index contributed by atoms with van der Waals surface area (Å²) >= 11 is 0. The maximum atomic E-state index is 9.97. The second-order valence-corrected chi connectivity index (χ2v) is 4.23. The number of rotatable bonds is 3. The van der Waals surface area contributed by atoms with Crippen LogP contribution in [0.4, 0.5) is 0 Å². The van der Waals surface area contributed by atoms with Gasteiger partial charge in [-0.2, -0.15) is 0 Å². The molecule has 1 saturated heterocycles. The monoisotopic (exact) mass is 226 g/mol. The molecule has 2 N–H and O–H groups in total. The van der Waals surface area contributed by atoms with E-state index >= 15 is 0 Å². The summed E-state index contributed by atoms with van der Waals surface area (Å²) in [6.45, 7) is 2.30. The van der Waals surface area contributed by atoms with Crippen molar-refractivity contribution in [2.75, 3.05) is 13.3 Å². The predicted octanol–water partition coefficient (Wildman–Crippen LogP) is 0.0924. The number of ether oxygens (including phenoxy) is 1. The summed E-state index contributed by atoms with van der Waals surface area (Å²) in [7, 11) is 0. The lowest BCUT2D eigenvalue weighted by Gasteiger charge is -2.31. The highest BCUT2D eigenvalue weighted by atomic mass is 16.6. The molecule has 5 nitrogen and oxygen atoms in total. The Kier molecular flexibility index (Phi) is 3.28. The Morgan fingerprint density at radius 2 is 2.44 bits per heavy atom. The molecule has 2 rings (SSSR count). The minimum Gasteiger partial charge on any atom is -0.393 e. The number of hydrogen-bond acceptors (Lipinski definition) is 5. The number of aliphatic imine (C=N–C) groups is 1. The Hall–Kier alpha value is -0.910. The summed E-state index contributed by atoms with van der Waals surface area (Å²) in [5, 5.41) is 19.3. The fourth-order valence-corrected chi connectivity index (χ4v) is 2.17. The molecule has 0 aromatic carbocycles. The molecule has 0 aromatic heterocycles. The third-order valence-corrected chi connectivity index (χ3v) is 3.35. The van der Waals surface area contributed by atoms with Gasteiger partial charge in [0.15, 0.2) is 0 Å². The molecule has 0 amide bonds. The van der Waals surface area contributed by atoms with Gasteiger partial charge in [-0.15, -0.1) is 0 Å². The van der Waals surface area contributed by atoms with Crippen molar-refractivity contribution >= 4 is 6.21 Å². The molecule has 2 aliphatic heterocycles. The quantitative estimate of drug-likeness (QED) is 0.716. The lowest BCUT2D eigenvalue weighted by Crippen LogP contribution is -2.43. The van der Waals surface area contributed by atoms with Gasteiger partial charge in [0.05, 0.1) is 12.7 Å². The van der Waals surface area contributed by atoms with Crippen LogP contribution in [-0.2, 0) is 4.74 Å². The first kappa shape index (κ1) is 11.6. The van der Waals surface area contributed by atoms with Gasteiger partial charge in [-0.25, -0.2) is 0 Å². The summed E-state index contributed by atoms with van der Waals surface area (Å²) in [6.07, 6.45) is 5.76. The van der Waals surface area contributed by atoms with Crippen molar-refractivity contribution in [2.45, 2.75) is 37.7 Å². The van der Waals surface area contributed by atoms with Crippen LogP contribution in [0.15, 0.2) is 17.3 Å². The predicted molar refractivity (Wildman–Crippen MR) is 59.9 cm³/mol. The molecule has 5 heteroatoms. The molecule has 2 heterocycles. The zero-order valence-electron chi connectivity index (χ0n) is 9.41. The van der Waals surface area contributed by atoms with Gasteiger partial charge < -0.3 is 19.8 Å². The third-order valence-electron chi connectivity index (χ3n) is 3.35. The highest BCUT2D eigenvalue weighted by Gasteiger charge is 2.47. The number of hydrogen-bond donors (Lipinski definition) is 2. The lowest BCUT2D eigenvalue weighted by molar-refractivity contribution is -0.139. The van der Waals surface area contributed by atoms with E-state index < -0.39 is 11.7 Å². The van der Waals surface area contributed by atoms with Crippen LogP contribution in [0.3, 0.4) is 0 Å². The summed E-state index contributed by atoms with van der Waals surface area (Å²) in [5.74, 6) is 0. The van der Waals surface area contributed by atoms with Gasteiger partial charge in [-0.3, -0.25) is 4.99 Å². The number of aliphatic hydroxyl groups is 2. The Morgan fingerprint density at radius 3 is 2.94 bits per heavy atom. The molecule has 2 aliphatic rings. The first-order valence-electron chi connectivity index (χ1n) is 5.61. The van der Waals surface area contributed by atoms with E-state index in [1.54, 1.807) is 6.21 Å². The maximum Gasteiger partial charge on any atom is 0.134 e. The fraction of sp³-hybridized carbons (Fsp3) is 0.727. The van der Waals surface area contributed by atoms with E-state index in [1.165, 1.54) is 0 Å². The normalized spacial score (nSPS) is 38.3. The SMILES string of the molecule is CC[C@]1(CO)O[C@H](N2C=CC=NC2)CC1O. The summed E-state index contributed by atoms with van der Waals surface area (Å²) in [5.41, 5.74) is -0.806. The maximum absolute atomic E-state index is 9.97. The van der Waals surface area contributed by atoms with Crippen LogP contribution in [0.5, 0.6) is 0 Å². The Morgan fingerprint density at radius 1 is 1.62 bits per heavy atom. The Balaban J connectivity index is 2.05. The van der Waals surface area contributed by atoms with Crippen LogP contribution in [0, 0.1) is 0 Å². The number of allylic oxidation sites excluding steroid dienone is 1. The smallest absolute Gasteiger partial charge is 0.134 e. The van der Waals surface area contributed by atoms with Crippen LogP contribution in [-0.4, -0.2) is 52.5 Å². The molecule has 0 aliphatic carbocycles. The topological polar surface area (TPSA) is 65.3 Å². The molecule has 0 aromatic rings. The molecule has 0 bridgehead atoms. The summed E-state index contributed by atoms with van der Waals surface area (Å²) in [4.78, 5) is 6.04. The van der Waals surface area contributed by atoms with E-state index in [0.29, 0.717) is 19.5 Å². The fourth-order valence-electron chi connectivity index (χ4n) is 2.17. The van der Waals surface area contributed by atoms with Crippen molar-refractivity contribution in [3.8, 4) is 0 Å². The molecular weight excluding hydrogens is 208 g/mol. The first-order valence-corrected chi connectivity index (χ1v) is 5.61. The third kappa shape index (κ3) is 1.86. The average molecular weight is 226 g/mol. The van der Waals surface area contributed by atoms with Gasteiger partial charge in [0.25, 0.3) is 0 Å². The minimum atomic E-state index is -0.806. The van der Waals surface area contributed by atoms with E-state index in [2.05, 4.69) is 4.99 Å². The molecule has 3 atom stereocenters. The van der Waals surface area contributed by atoms with Gasteiger partial charge in [0.1, 0.15) is 18.5 Å². The van der Waals surface area contributed by atoms with Crippen molar-refractivity contribution in [3.63, 3.8) is 0 Å². The van der Waals surface area contributed by atoms with E-state index in [0.717, 1.165) is 0 Å². The van der Waals surface area contributed by atoms with E-state index in [1.807, 2.05) is 24.1 Å². The molecular formula is C11H18N2O3.